The molecule has 0 radical (unpaired) electrons. The Balaban J connectivity index is 0.000000192. The standard InChI is InChI=1S/C22H23ClN4O3.C17H24ClN3O3.C12H16ClN3O.C10H9NO3.C9H18N2O2.C7H6Cl2N2O.CH4.ClH/c1-2-20(28)25-16-5-3-15(4-6-16)22(29)27-10-9-14(13-27)11-19-24-12-18(23)21(26-19)30-17-7-8-17;1-17(2,3)24-16(22)21-7-6-11(10-21)8-14-19-9-13(18)15(20-14)23-12-4-5-12;13-10-7-15-11(5-8-3-4-14-6-8)16-12(10)17-9-1-2-9;1-2-9(12)11-8-5-3-7(4-6-8)10(13)14;1-9(2,3)13-8(12)11-5-4-7(10)6-11;8-5-3-10-7(9)11-6(5)12-4-1-2-4;;/h2-6,12,14,17H,1,7-11,13H2,(H,25,28);9,11-12H,4-8,10H2,1-3H3;7-9,14H,1-6H2;2-6H,1H2,(H,11,12)(H,13,14);7H,4-6,10H2,1-3H3;3-4H,1-2H2;1H4;1H/t14-;11-;8-;;7-;;;/m000.1.../s1. The van der Waals surface area contributed by atoms with Gasteiger partial charge in [-0.1, -0.05) is 67.0 Å². The lowest BCUT2D eigenvalue weighted by atomic mass is 10.0. The van der Waals surface area contributed by atoms with Crippen molar-refractivity contribution in [3.8, 4) is 23.5 Å². The van der Waals surface area contributed by atoms with Gasteiger partial charge >= 0.3 is 18.2 Å². The van der Waals surface area contributed by atoms with Crippen LogP contribution in [-0.2, 0) is 38.3 Å². The van der Waals surface area contributed by atoms with Crippen LogP contribution in [0.2, 0.25) is 25.4 Å². The van der Waals surface area contributed by atoms with Crippen molar-refractivity contribution in [1.82, 2.24) is 59.9 Å². The molecule has 4 atom stereocenters. The molecule has 0 spiro atoms. The molecule has 4 saturated carbocycles. The van der Waals surface area contributed by atoms with Gasteiger partial charge in [0.2, 0.25) is 40.6 Å². The van der Waals surface area contributed by atoms with E-state index in [1.54, 1.807) is 52.7 Å². The minimum absolute atomic E-state index is 0. The lowest BCUT2D eigenvalue weighted by Gasteiger charge is -2.24. The van der Waals surface area contributed by atoms with E-state index in [9.17, 15) is 28.8 Å². The lowest BCUT2D eigenvalue weighted by Crippen LogP contribution is -2.36. The first-order valence-corrected chi connectivity index (χ1v) is 38.7. The van der Waals surface area contributed by atoms with Gasteiger partial charge in [-0.25, -0.2) is 34.3 Å². The number of hydrogen-bond donors (Lipinski definition) is 5. The van der Waals surface area contributed by atoms with Crippen molar-refractivity contribution in [3.05, 3.63) is 153 Å². The number of nitrogens with zero attached hydrogens (tertiary/aromatic N) is 11. The molecule has 14 rings (SSSR count). The van der Waals surface area contributed by atoms with Crippen molar-refractivity contribution >= 4 is 118 Å². The third-order valence-corrected chi connectivity index (χ3v) is 18.5. The number of halogens is 6. The number of carbonyl (C=O) groups excluding carboxylic acids is 5. The molecule has 4 saturated heterocycles. The maximum Gasteiger partial charge on any atom is 0.410 e. The van der Waals surface area contributed by atoms with Gasteiger partial charge in [0, 0.05) is 81.5 Å². The molecule has 2 aromatic carbocycles. The van der Waals surface area contributed by atoms with E-state index in [0.29, 0.717) is 136 Å². The maximum atomic E-state index is 12.8. The second kappa shape index (κ2) is 43.1. The Morgan fingerprint density at radius 2 is 0.866 bits per heavy atom. The van der Waals surface area contributed by atoms with Crippen LogP contribution in [0.25, 0.3) is 0 Å². The Bertz CT molecular complexity index is 4140. The van der Waals surface area contributed by atoms with E-state index in [-0.39, 0.29) is 90.9 Å². The number of likely N-dealkylation sites (tertiary alicyclic amines) is 3. The summed E-state index contributed by atoms with van der Waals surface area (Å²) in [5, 5.41) is 19.1. The lowest BCUT2D eigenvalue weighted by molar-refractivity contribution is -0.112. The van der Waals surface area contributed by atoms with E-state index >= 15 is 0 Å². The first-order chi connectivity index (χ1) is 52.4. The van der Waals surface area contributed by atoms with Crippen molar-refractivity contribution in [2.24, 2.45) is 23.5 Å². The largest absolute Gasteiger partial charge is 0.478 e. The summed E-state index contributed by atoms with van der Waals surface area (Å²) in [6, 6.07) is 12.9. The average molecular weight is 1670 g/mol. The minimum Gasteiger partial charge on any atom is -0.478 e. The van der Waals surface area contributed by atoms with Gasteiger partial charge < -0.3 is 69.9 Å². The fourth-order valence-electron chi connectivity index (χ4n) is 11.1. The molecule has 6 N–H and O–H groups in total. The second-order valence-electron chi connectivity index (χ2n) is 29.7. The molecular weight excluding hydrogens is 1570 g/mol. The van der Waals surface area contributed by atoms with Crippen LogP contribution < -0.4 is 40.6 Å². The molecule has 4 aromatic heterocycles. The molecule has 4 aliphatic carbocycles. The van der Waals surface area contributed by atoms with Gasteiger partial charge in [-0.15, -0.1) is 12.4 Å². The smallest absolute Gasteiger partial charge is 0.410 e. The number of aromatic carboxylic acids is 1. The van der Waals surface area contributed by atoms with Gasteiger partial charge in [0.15, 0.2) is 0 Å². The van der Waals surface area contributed by atoms with Gasteiger partial charge in [0.05, 0.1) is 30.4 Å². The fourth-order valence-corrected chi connectivity index (χ4v) is 11.7. The number of rotatable bonds is 20. The first kappa shape index (κ1) is 90.7. The van der Waals surface area contributed by atoms with Crippen LogP contribution in [0.1, 0.15) is 164 Å². The first-order valence-electron chi connectivity index (χ1n) is 36.8. The topological polar surface area (TPSA) is 353 Å². The summed E-state index contributed by atoms with van der Waals surface area (Å²) in [5.74, 6) is 3.77. The summed E-state index contributed by atoms with van der Waals surface area (Å²) < 4.78 is 33.1. The Kier molecular flexibility index (Phi) is 34.9. The van der Waals surface area contributed by atoms with Gasteiger partial charge in [-0.3, -0.25) is 14.4 Å². The van der Waals surface area contributed by atoms with E-state index in [4.69, 9.17) is 97.3 Å². The molecule has 5 amide bonds. The van der Waals surface area contributed by atoms with Crippen molar-refractivity contribution in [2.75, 3.05) is 63.0 Å². The Labute approximate surface area is 685 Å². The summed E-state index contributed by atoms with van der Waals surface area (Å²) in [6.07, 6.45) is 23.9. The second-order valence-corrected chi connectivity index (χ2v) is 31.6. The predicted octanol–water partition coefficient (Wildman–Crippen LogP) is 14.6. The number of carboxylic acids is 1. The molecule has 608 valence electrons. The normalized spacial score (nSPS) is 18.6. The van der Waals surface area contributed by atoms with Gasteiger partial charge in [0.25, 0.3) is 5.91 Å². The molecule has 0 bridgehead atoms. The highest BCUT2D eigenvalue weighted by atomic mass is 35.5. The number of aromatic nitrogens is 8. The van der Waals surface area contributed by atoms with E-state index in [2.05, 4.69) is 69.0 Å². The zero-order valence-electron chi connectivity index (χ0n) is 63.0. The number of carbonyl (C=O) groups is 6. The summed E-state index contributed by atoms with van der Waals surface area (Å²) in [6.45, 7) is 24.1. The van der Waals surface area contributed by atoms with Crippen molar-refractivity contribution in [3.63, 3.8) is 0 Å². The Morgan fingerprint density at radius 1 is 0.509 bits per heavy atom. The van der Waals surface area contributed by atoms with E-state index in [1.165, 1.54) is 43.0 Å². The van der Waals surface area contributed by atoms with Crippen molar-refractivity contribution in [2.45, 2.75) is 187 Å². The molecule has 112 heavy (non-hydrogen) atoms. The molecule has 28 nitrogen and oxygen atoms in total. The SMILES string of the molecule is C.C=CC(=O)Nc1ccc(C(=O)N2CC[C@@H](Cc3ncc(Cl)c(OC4CC4)n3)C2)cc1.C=CC(=O)Nc1ccc(C(=O)O)cc1.CC(C)(C)OC(=O)N1CC[C@@H](Cc2ncc(Cl)c(OC3CC3)n2)C1.CC(C)(C)OC(=O)N1CC[C@@H](N)C1.Cl.Clc1cnc(C[C@@H]2CCNC2)nc1OC1CC1.Clc1ncc(Cl)c(OC2CC2)n1. The van der Waals surface area contributed by atoms with E-state index in [0.717, 1.165) is 109 Å². The monoisotopic (exact) mass is 1670 g/mol. The zero-order chi connectivity index (χ0) is 79.2. The fraction of sp³-hybridized carbons (Fsp3) is 0.513. The quantitative estimate of drug-likeness (QED) is 0.0350. The molecule has 6 aromatic rings. The van der Waals surface area contributed by atoms with Crippen molar-refractivity contribution < 1.29 is 62.3 Å². The van der Waals surface area contributed by atoms with Gasteiger partial charge in [-0.05, 0) is 222 Å². The maximum absolute atomic E-state index is 12.8. The number of anilines is 2. The molecule has 8 fully saturated rings. The van der Waals surface area contributed by atoms with Crippen LogP contribution in [0.5, 0.6) is 23.5 Å². The number of ether oxygens (including phenoxy) is 6. The molecule has 8 heterocycles. The summed E-state index contributed by atoms with van der Waals surface area (Å²) in [7, 11) is 0. The molecule has 4 aliphatic heterocycles. The molecule has 0 unspecified atom stereocenters. The number of nitrogens with two attached hydrogens (primary N) is 1. The van der Waals surface area contributed by atoms with Crippen LogP contribution in [0.15, 0.2) is 98.6 Å². The van der Waals surface area contributed by atoms with Crippen LogP contribution in [0.3, 0.4) is 0 Å². The highest BCUT2D eigenvalue weighted by Crippen LogP contribution is 2.35. The number of carboxylic acid groups (broad SMARTS) is 1. The minimum atomic E-state index is -0.994. The summed E-state index contributed by atoms with van der Waals surface area (Å²) >= 11 is 29.6. The average Bonchev–Trinajstić information content (AvgIpc) is 1.63. The highest BCUT2D eigenvalue weighted by molar-refractivity contribution is 6.33. The van der Waals surface area contributed by atoms with Crippen LogP contribution in [0, 0.1) is 17.8 Å². The number of hydrogen-bond acceptors (Lipinski definition) is 22. The summed E-state index contributed by atoms with van der Waals surface area (Å²) in [5.41, 5.74) is 6.74. The van der Waals surface area contributed by atoms with E-state index < -0.39 is 17.2 Å². The molecule has 8 aliphatic rings. The van der Waals surface area contributed by atoms with Crippen LogP contribution in [0.4, 0.5) is 21.0 Å². The highest BCUT2D eigenvalue weighted by Gasteiger charge is 2.34. The Morgan fingerprint density at radius 3 is 1.22 bits per heavy atom. The number of amides is 5. The van der Waals surface area contributed by atoms with Crippen LogP contribution in [-0.4, -0.2) is 190 Å². The van der Waals surface area contributed by atoms with Gasteiger partial charge in [-0.2, -0.15) is 19.9 Å². The summed E-state index contributed by atoms with van der Waals surface area (Å²) in [4.78, 5) is 108. The third-order valence-electron chi connectivity index (χ3n) is 17.3. The Hall–Kier alpha value is -8.48. The molecular formula is C78H101Cl6N15O13. The third kappa shape index (κ3) is 31.8. The van der Waals surface area contributed by atoms with Gasteiger partial charge in [0.1, 0.15) is 73.2 Å². The number of nitrogens with one attached hydrogen (secondary N) is 3. The van der Waals surface area contributed by atoms with E-state index in [1.807, 2.05) is 46.4 Å². The molecule has 34 heteroatoms. The van der Waals surface area contributed by atoms with Crippen LogP contribution >= 0.6 is 70.4 Å². The predicted molar refractivity (Wildman–Crippen MR) is 432 cm³/mol. The number of benzene rings is 2. The zero-order valence-corrected chi connectivity index (χ0v) is 67.6. The van der Waals surface area contributed by atoms with Crippen molar-refractivity contribution in [1.29, 1.82) is 0 Å².